The lowest BCUT2D eigenvalue weighted by molar-refractivity contribution is 0.598. The monoisotopic (exact) mass is 348 g/mol. The first kappa shape index (κ1) is 16.1. The van der Waals surface area contributed by atoms with Gasteiger partial charge >= 0.3 is 0 Å². The topological polar surface area (TPSA) is 86.9 Å². The minimum Gasteiger partial charge on any atom is -0.314 e. The fraction of sp³-hybridized carbons (Fsp3) is 0.250. The van der Waals surface area contributed by atoms with Gasteiger partial charge in [-0.05, 0) is 32.2 Å². The van der Waals surface area contributed by atoms with E-state index in [-0.39, 0.29) is 15.6 Å². The normalized spacial score (nSPS) is 11.6. The van der Waals surface area contributed by atoms with E-state index in [9.17, 15) is 8.42 Å². The van der Waals surface area contributed by atoms with Crippen molar-refractivity contribution >= 4 is 38.9 Å². The number of H-pyrrole nitrogens is 1. The van der Waals surface area contributed by atoms with Crippen LogP contribution in [-0.2, 0) is 16.6 Å². The van der Waals surface area contributed by atoms with Crippen LogP contribution in [0.5, 0.6) is 0 Å². The van der Waals surface area contributed by atoms with Crippen molar-refractivity contribution in [3.05, 3.63) is 39.6 Å². The van der Waals surface area contributed by atoms with E-state index in [0.717, 1.165) is 0 Å². The Morgan fingerprint density at radius 3 is 2.67 bits per heavy atom. The zero-order valence-electron chi connectivity index (χ0n) is 11.4. The Morgan fingerprint density at radius 2 is 2.05 bits per heavy atom. The van der Waals surface area contributed by atoms with Crippen molar-refractivity contribution in [3.8, 4) is 0 Å². The largest absolute Gasteiger partial charge is 0.314 e. The molecule has 114 valence electrons. The van der Waals surface area contributed by atoms with Crippen molar-refractivity contribution < 1.29 is 8.42 Å². The van der Waals surface area contributed by atoms with E-state index in [1.165, 1.54) is 12.1 Å². The van der Waals surface area contributed by atoms with E-state index in [0.29, 0.717) is 23.0 Å². The van der Waals surface area contributed by atoms with Gasteiger partial charge in [0.1, 0.15) is 4.90 Å². The van der Waals surface area contributed by atoms with Gasteiger partial charge in [-0.15, -0.1) is 0 Å². The van der Waals surface area contributed by atoms with Crippen molar-refractivity contribution in [3.63, 3.8) is 0 Å². The predicted molar refractivity (Wildman–Crippen MR) is 83.4 cm³/mol. The quantitative estimate of drug-likeness (QED) is 0.774. The molecule has 0 saturated heterocycles. The van der Waals surface area contributed by atoms with Gasteiger partial charge in [0.05, 0.1) is 22.1 Å². The summed E-state index contributed by atoms with van der Waals surface area (Å²) in [4.78, 5) is 0.114. The van der Waals surface area contributed by atoms with Gasteiger partial charge in [-0.25, -0.2) is 8.42 Å². The first-order valence-electron chi connectivity index (χ1n) is 6.01. The summed E-state index contributed by atoms with van der Waals surface area (Å²) in [5.74, 6) is 0. The Kier molecular flexibility index (Phi) is 4.77. The first-order chi connectivity index (χ1) is 9.85. The van der Waals surface area contributed by atoms with Gasteiger partial charge in [-0.1, -0.05) is 23.2 Å². The summed E-state index contributed by atoms with van der Waals surface area (Å²) in [5, 5.41) is 10.2. The lowest BCUT2D eigenvalue weighted by atomic mass is 10.3. The van der Waals surface area contributed by atoms with Crippen LogP contribution in [0.25, 0.3) is 0 Å². The number of halogens is 2. The molecule has 1 aromatic heterocycles. The second-order valence-electron chi connectivity index (χ2n) is 4.38. The molecule has 9 heteroatoms. The highest BCUT2D eigenvalue weighted by atomic mass is 35.5. The van der Waals surface area contributed by atoms with E-state index < -0.39 is 10.0 Å². The number of sulfonamides is 1. The van der Waals surface area contributed by atoms with Crippen molar-refractivity contribution in [2.24, 2.45) is 0 Å². The number of hydrogen-bond acceptors (Lipinski definition) is 4. The van der Waals surface area contributed by atoms with Gasteiger partial charge in [-0.2, -0.15) is 5.10 Å². The molecule has 0 atom stereocenters. The molecule has 2 rings (SSSR count). The minimum absolute atomic E-state index is 0.114. The molecule has 0 unspecified atom stereocenters. The molecule has 0 aliphatic rings. The molecule has 0 bridgehead atoms. The van der Waals surface area contributed by atoms with Gasteiger partial charge < -0.3 is 5.32 Å². The summed E-state index contributed by atoms with van der Waals surface area (Å²) < 4.78 is 27.5. The van der Waals surface area contributed by atoms with Crippen LogP contribution in [0.2, 0.25) is 10.0 Å². The molecule has 0 fully saturated rings. The van der Waals surface area contributed by atoms with Crippen LogP contribution in [0.1, 0.15) is 11.4 Å². The Labute approximate surface area is 132 Å². The minimum atomic E-state index is -3.80. The smallest absolute Gasteiger partial charge is 0.265 e. The van der Waals surface area contributed by atoms with Crippen LogP contribution in [-0.4, -0.2) is 25.7 Å². The molecule has 3 N–H and O–H groups in total. The number of nitrogens with zero attached hydrogens (tertiary/aromatic N) is 1. The molecule has 0 spiro atoms. The molecule has 21 heavy (non-hydrogen) atoms. The Morgan fingerprint density at radius 1 is 1.33 bits per heavy atom. The second-order valence-corrected chi connectivity index (χ2v) is 6.85. The molecule has 0 aliphatic carbocycles. The second kappa shape index (κ2) is 6.23. The average Bonchev–Trinajstić information content (AvgIpc) is 2.75. The highest BCUT2D eigenvalue weighted by molar-refractivity contribution is 7.92. The number of aryl methyl sites for hydroxylation is 1. The van der Waals surface area contributed by atoms with Crippen LogP contribution in [0.15, 0.2) is 23.1 Å². The Bertz CT molecular complexity index is 759. The van der Waals surface area contributed by atoms with E-state index >= 15 is 0 Å². The number of benzene rings is 1. The molecule has 1 heterocycles. The maximum atomic E-state index is 12.5. The number of nitrogens with one attached hydrogen (secondary N) is 3. The summed E-state index contributed by atoms with van der Waals surface area (Å²) in [5.41, 5.74) is 1.13. The van der Waals surface area contributed by atoms with E-state index in [1.54, 1.807) is 20.0 Å². The van der Waals surface area contributed by atoms with Crippen LogP contribution in [0.4, 0.5) is 5.69 Å². The fourth-order valence-electron chi connectivity index (χ4n) is 1.88. The zero-order valence-corrected chi connectivity index (χ0v) is 13.7. The van der Waals surface area contributed by atoms with Crippen molar-refractivity contribution in [2.45, 2.75) is 18.4 Å². The summed E-state index contributed by atoms with van der Waals surface area (Å²) in [7, 11) is -2.09. The first-order valence-corrected chi connectivity index (χ1v) is 8.25. The molecule has 0 aliphatic heterocycles. The van der Waals surface area contributed by atoms with Crippen LogP contribution in [0.3, 0.4) is 0 Å². The van der Waals surface area contributed by atoms with E-state index in [2.05, 4.69) is 20.2 Å². The van der Waals surface area contributed by atoms with E-state index in [1.807, 2.05) is 0 Å². The Hall–Kier alpha value is -1.28. The van der Waals surface area contributed by atoms with Crippen molar-refractivity contribution in [2.75, 3.05) is 11.8 Å². The lowest BCUT2D eigenvalue weighted by Crippen LogP contribution is -2.17. The maximum absolute atomic E-state index is 12.5. The van der Waals surface area contributed by atoms with Crippen LogP contribution < -0.4 is 10.0 Å². The Balaban J connectivity index is 2.41. The van der Waals surface area contributed by atoms with Gasteiger partial charge in [0.25, 0.3) is 10.0 Å². The standard InChI is InChI=1S/C12H14Cl2N4O2S/c1-7-12(11(6-15-2)17-16-7)21(19,20)18-10-4-3-8(13)5-9(10)14/h3-5,15,18H,6H2,1-2H3,(H,16,17). The van der Waals surface area contributed by atoms with Gasteiger partial charge in [0, 0.05) is 11.6 Å². The van der Waals surface area contributed by atoms with Crippen molar-refractivity contribution in [1.82, 2.24) is 15.5 Å². The molecule has 0 saturated carbocycles. The van der Waals surface area contributed by atoms with Gasteiger partial charge in [-0.3, -0.25) is 9.82 Å². The number of aromatic amines is 1. The number of rotatable bonds is 5. The average molecular weight is 349 g/mol. The molecular formula is C12H14Cl2N4O2S. The third kappa shape index (κ3) is 3.49. The molecule has 0 amide bonds. The van der Waals surface area contributed by atoms with Crippen molar-refractivity contribution in [1.29, 1.82) is 0 Å². The summed E-state index contributed by atoms with van der Waals surface area (Å²) in [6.07, 6.45) is 0. The number of hydrogen-bond donors (Lipinski definition) is 3. The lowest BCUT2D eigenvalue weighted by Gasteiger charge is -2.10. The molecule has 0 radical (unpaired) electrons. The maximum Gasteiger partial charge on any atom is 0.265 e. The fourth-order valence-corrected chi connectivity index (χ4v) is 3.84. The SMILES string of the molecule is CNCc1n[nH]c(C)c1S(=O)(=O)Nc1ccc(Cl)cc1Cl. The molecule has 2 aromatic rings. The summed E-state index contributed by atoms with van der Waals surface area (Å²) in [6, 6.07) is 4.54. The van der Waals surface area contributed by atoms with Crippen LogP contribution in [0, 0.1) is 6.92 Å². The molecular weight excluding hydrogens is 335 g/mol. The highest BCUT2D eigenvalue weighted by Crippen LogP contribution is 2.28. The van der Waals surface area contributed by atoms with E-state index in [4.69, 9.17) is 23.2 Å². The van der Waals surface area contributed by atoms with Crippen LogP contribution >= 0.6 is 23.2 Å². The molecule has 1 aromatic carbocycles. The number of aromatic nitrogens is 2. The van der Waals surface area contributed by atoms with Gasteiger partial charge in [0.15, 0.2) is 0 Å². The highest BCUT2D eigenvalue weighted by Gasteiger charge is 2.24. The third-order valence-electron chi connectivity index (χ3n) is 2.75. The van der Waals surface area contributed by atoms with Gasteiger partial charge in [0.2, 0.25) is 0 Å². The number of anilines is 1. The third-order valence-corrected chi connectivity index (χ3v) is 4.87. The summed E-state index contributed by atoms with van der Waals surface area (Å²) in [6.45, 7) is 1.97. The molecule has 6 nitrogen and oxygen atoms in total. The summed E-state index contributed by atoms with van der Waals surface area (Å²) >= 11 is 11.8. The predicted octanol–water partition coefficient (Wildman–Crippen LogP) is 2.55. The zero-order chi connectivity index (χ0) is 15.6.